The second-order valence-electron chi connectivity index (χ2n) is 15.1. The number of esters is 1. The molecule has 0 aliphatic heterocycles. The lowest BCUT2D eigenvalue weighted by Crippen LogP contribution is -2.45. The molecule has 0 aromatic heterocycles. The molecule has 7 aromatic carbocycles. The summed E-state index contributed by atoms with van der Waals surface area (Å²) in [5, 5.41) is 2.98. The van der Waals surface area contributed by atoms with Gasteiger partial charge >= 0.3 is 12.1 Å². The molecule has 1 aliphatic carbocycles. The third kappa shape index (κ3) is 8.45. The molecule has 0 saturated carbocycles. The Labute approximate surface area is 356 Å². The van der Waals surface area contributed by atoms with Crippen molar-refractivity contribution < 1.29 is 23.8 Å². The van der Waals surface area contributed by atoms with Gasteiger partial charge in [-0.2, -0.15) is 0 Å². The van der Waals surface area contributed by atoms with Gasteiger partial charge in [0.1, 0.15) is 18.4 Å². The van der Waals surface area contributed by atoms with Crippen molar-refractivity contribution in [2.45, 2.75) is 36.7 Å². The van der Waals surface area contributed by atoms with E-state index in [1.54, 1.807) is 18.9 Å². The van der Waals surface area contributed by atoms with E-state index in [4.69, 9.17) is 14.2 Å². The van der Waals surface area contributed by atoms with Crippen LogP contribution in [0.3, 0.4) is 0 Å². The van der Waals surface area contributed by atoms with Crippen molar-refractivity contribution in [2.24, 2.45) is 0 Å². The van der Waals surface area contributed by atoms with E-state index in [1.165, 1.54) is 0 Å². The summed E-state index contributed by atoms with van der Waals surface area (Å²) in [6.07, 6.45) is -1.42. The normalized spacial score (nSPS) is 12.6. The quantitative estimate of drug-likeness (QED) is 0.0871. The molecule has 0 radical (unpaired) electrons. The minimum atomic E-state index is -1.10. The number of hydrogen-bond acceptors (Lipinski definition) is 6. The maximum Gasteiger partial charge on any atom is 0.407 e. The van der Waals surface area contributed by atoms with E-state index in [2.05, 4.69) is 66.0 Å². The average Bonchev–Trinajstić information content (AvgIpc) is 3.62. The first-order chi connectivity index (χ1) is 29.3. The molecule has 7 heteroatoms. The van der Waals surface area contributed by atoms with Gasteiger partial charge < -0.3 is 19.5 Å². The first-order valence-electron chi connectivity index (χ1n) is 20.2. The monoisotopic (exact) mass is 809 g/mol. The van der Waals surface area contributed by atoms with Crippen molar-refractivity contribution in [3.8, 4) is 16.9 Å². The number of aryl methyl sites for hydroxylation is 2. The summed E-state index contributed by atoms with van der Waals surface area (Å²) in [5.41, 5.74) is 11.3. The molecule has 0 bridgehead atoms. The fourth-order valence-electron chi connectivity index (χ4n) is 8.09. The first kappa shape index (κ1) is 40.2. The maximum absolute atomic E-state index is 14.8. The molecular weight excluding hydrogens is 763 g/mol. The summed E-state index contributed by atoms with van der Waals surface area (Å²) in [6.45, 7) is 4.15. The van der Waals surface area contributed by atoms with Gasteiger partial charge in [0.15, 0.2) is 6.10 Å². The summed E-state index contributed by atoms with van der Waals surface area (Å²) in [5.74, 6) is 0.157. The van der Waals surface area contributed by atoms with Crippen LogP contribution in [0.2, 0.25) is 0 Å². The molecule has 6 nitrogen and oxygen atoms in total. The first-order valence-corrected chi connectivity index (χ1v) is 21.2. The molecule has 1 atom stereocenters. The fourth-order valence-corrected chi connectivity index (χ4v) is 9.63. The van der Waals surface area contributed by atoms with Gasteiger partial charge in [0.05, 0.1) is 11.9 Å². The Morgan fingerprint density at radius 2 is 1.07 bits per heavy atom. The molecule has 300 valence electrons. The van der Waals surface area contributed by atoms with Gasteiger partial charge in [-0.05, 0) is 76.1 Å². The molecule has 0 saturated heterocycles. The molecule has 60 heavy (non-hydrogen) atoms. The van der Waals surface area contributed by atoms with Gasteiger partial charge in [-0.25, -0.2) is 9.59 Å². The predicted octanol–water partition coefficient (Wildman–Crippen LogP) is 11.6. The Bertz CT molecular complexity index is 2410. The van der Waals surface area contributed by atoms with Crippen molar-refractivity contribution in [3.05, 3.63) is 232 Å². The van der Waals surface area contributed by atoms with Gasteiger partial charge in [0.25, 0.3) is 0 Å². The summed E-state index contributed by atoms with van der Waals surface area (Å²) in [4.78, 5) is 28.9. The number of rotatable bonds is 14. The number of carbonyl (C=O) groups is 2. The molecule has 0 fully saturated rings. The van der Waals surface area contributed by atoms with Crippen LogP contribution in [0.5, 0.6) is 5.75 Å². The highest BCUT2D eigenvalue weighted by Crippen LogP contribution is 2.49. The van der Waals surface area contributed by atoms with Crippen LogP contribution >= 0.6 is 11.8 Å². The standard InChI is InChI=1S/C53H47NO5S/c1-36-22-26-38(27-23-36)50(39-28-24-37(2)25-29-39)59-51(55)49(54-52(56)58-34-48-46-20-12-10-18-44(46)45-19-11-13-21-47(45)48)35-60-53(40-14-6-4-7-15-40,41-16-8-5-9-17-41)42-30-32-43(57-3)33-31-42/h4-33,48-50H,34-35H2,1-3H3,(H,54,56)/t49-/m1/s1. The zero-order chi connectivity index (χ0) is 41.5. The molecule has 1 N–H and O–H groups in total. The van der Waals surface area contributed by atoms with Crippen molar-refractivity contribution in [3.63, 3.8) is 0 Å². The molecule has 7 aromatic rings. The van der Waals surface area contributed by atoms with E-state index in [9.17, 15) is 9.59 Å². The van der Waals surface area contributed by atoms with Crippen LogP contribution in [0.25, 0.3) is 11.1 Å². The summed E-state index contributed by atoms with van der Waals surface area (Å²) < 4.78 is 17.3. The smallest absolute Gasteiger partial charge is 0.407 e. The Morgan fingerprint density at radius 1 is 0.600 bits per heavy atom. The number of ether oxygens (including phenoxy) is 3. The second-order valence-corrected chi connectivity index (χ2v) is 16.3. The van der Waals surface area contributed by atoms with Crippen molar-refractivity contribution in [1.29, 1.82) is 0 Å². The van der Waals surface area contributed by atoms with Crippen LogP contribution in [0.1, 0.15) is 62.1 Å². The van der Waals surface area contributed by atoms with Gasteiger partial charge in [0.2, 0.25) is 0 Å². The largest absolute Gasteiger partial charge is 0.497 e. The number of carbonyl (C=O) groups excluding carboxylic acids is 2. The highest BCUT2D eigenvalue weighted by Gasteiger charge is 2.40. The molecule has 1 aliphatic rings. The number of alkyl carbamates (subject to hydrolysis) is 1. The van der Waals surface area contributed by atoms with E-state index in [0.717, 1.165) is 66.9 Å². The maximum atomic E-state index is 14.8. The minimum Gasteiger partial charge on any atom is -0.497 e. The molecule has 0 spiro atoms. The predicted molar refractivity (Wildman–Crippen MR) is 241 cm³/mol. The fraction of sp³-hybridized carbons (Fsp3) is 0.170. The third-order valence-corrected chi connectivity index (χ3v) is 12.9. The van der Waals surface area contributed by atoms with E-state index < -0.39 is 29.0 Å². The van der Waals surface area contributed by atoms with Gasteiger partial charge in [-0.1, -0.05) is 181 Å². The number of hydrogen-bond donors (Lipinski definition) is 1. The number of nitrogens with one attached hydrogen (secondary N) is 1. The summed E-state index contributed by atoms with van der Waals surface area (Å²) in [7, 11) is 1.65. The van der Waals surface area contributed by atoms with Crippen LogP contribution in [-0.4, -0.2) is 37.6 Å². The molecule has 8 rings (SSSR count). The van der Waals surface area contributed by atoms with E-state index in [0.29, 0.717) is 0 Å². The third-order valence-electron chi connectivity index (χ3n) is 11.2. The minimum absolute atomic E-state index is 0.105. The molecule has 0 heterocycles. The van der Waals surface area contributed by atoms with E-state index in [-0.39, 0.29) is 18.3 Å². The average molecular weight is 810 g/mol. The summed E-state index contributed by atoms with van der Waals surface area (Å²) >= 11 is 1.56. The van der Waals surface area contributed by atoms with Gasteiger partial charge in [-0.3, -0.25) is 0 Å². The Balaban J connectivity index is 1.15. The number of methoxy groups -OCH3 is 1. The Kier molecular flexibility index (Phi) is 12.2. The van der Waals surface area contributed by atoms with Gasteiger partial charge in [-0.15, -0.1) is 11.8 Å². The van der Waals surface area contributed by atoms with Crippen LogP contribution in [0, 0.1) is 13.8 Å². The SMILES string of the molecule is COc1ccc(C(SC[C@@H](NC(=O)OCC2c3ccccc3-c3ccccc32)C(=O)OC(c2ccc(C)cc2)c2ccc(C)cc2)(c2ccccc2)c2ccccc2)cc1. The zero-order valence-corrected chi connectivity index (χ0v) is 34.7. The number of benzene rings is 7. The highest BCUT2D eigenvalue weighted by molar-refractivity contribution is 8.00. The molecule has 0 unspecified atom stereocenters. The topological polar surface area (TPSA) is 73.9 Å². The second kappa shape index (κ2) is 18.1. The van der Waals surface area contributed by atoms with Crippen LogP contribution in [0.15, 0.2) is 182 Å². The van der Waals surface area contributed by atoms with Crippen molar-refractivity contribution in [2.75, 3.05) is 19.5 Å². The zero-order valence-electron chi connectivity index (χ0n) is 33.9. The van der Waals surface area contributed by atoms with E-state index in [1.807, 2.05) is 135 Å². The Morgan fingerprint density at radius 3 is 1.57 bits per heavy atom. The number of amides is 1. The molecular formula is C53H47NO5S. The van der Waals surface area contributed by atoms with Crippen molar-refractivity contribution in [1.82, 2.24) is 5.32 Å². The Hall–Kier alpha value is -6.57. The lowest BCUT2D eigenvalue weighted by Gasteiger charge is -2.36. The van der Waals surface area contributed by atoms with Crippen molar-refractivity contribution >= 4 is 23.8 Å². The van der Waals surface area contributed by atoms with Crippen LogP contribution in [-0.2, 0) is 19.0 Å². The molecule has 1 amide bonds. The number of thioether (sulfide) groups is 1. The van der Waals surface area contributed by atoms with Crippen LogP contribution in [0.4, 0.5) is 4.79 Å². The van der Waals surface area contributed by atoms with E-state index >= 15 is 0 Å². The lowest BCUT2D eigenvalue weighted by atomic mass is 9.84. The van der Waals surface area contributed by atoms with Crippen LogP contribution < -0.4 is 10.1 Å². The summed E-state index contributed by atoms with van der Waals surface area (Å²) in [6, 6.07) is 59.8. The number of fused-ring (bicyclic) bond motifs is 3. The lowest BCUT2D eigenvalue weighted by molar-refractivity contribution is -0.149. The van der Waals surface area contributed by atoms with Gasteiger partial charge in [0, 0.05) is 11.7 Å². The highest BCUT2D eigenvalue weighted by atomic mass is 32.2.